The Morgan fingerprint density at radius 1 is 1.33 bits per heavy atom. The molecule has 0 aromatic heterocycles. The van der Waals surface area contributed by atoms with Crippen molar-refractivity contribution in [3.8, 4) is 0 Å². The summed E-state index contributed by atoms with van der Waals surface area (Å²) in [5.74, 6) is -0.241. The molecule has 66 valence electrons. The molecule has 0 aliphatic carbocycles. The molecule has 1 aromatic rings. The molecule has 0 amide bonds. The Bertz CT molecular complexity index is 235. The lowest BCUT2D eigenvalue weighted by Gasteiger charge is -2.05. The van der Waals surface area contributed by atoms with Gasteiger partial charge in [-0.2, -0.15) is 0 Å². The summed E-state index contributed by atoms with van der Waals surface area (Å²) in [6.07, 6.45) is 0.617. The van der Waals surface area contributed by atoms with E-state index in [9.17, 15) is 4.39 Å². The average Bonchev–Trinajstić information content (AvgIpc) is 2.06. The number of hydrogen-bond acceptors (Lipinski definition) is 1. The summed E-state index contributed by atoms with van der Waals surface area (Å²) in [5.41, 5.74) is 4.81. The summed E-state index contributed by atoms with van der Waals surface area (Å²) in [5, 5.41) is 8.64. The third-order valence-electron chi connectivity index (χ3n) is 1.82. The molecule has 1 aromatic carbocycles. The van der Waals surface area contributed by atoms with Crippen molar-refractivity contribution in [2.75, 3.05) is 6.61 Å². The van der Waals surface area contributed by atoms with Gasteiger partial charge in [0.1, 0.15) is 11.9 Å². The Kier molecular flexibility index (Phi) is 3.19. The van der Waals surface area contributed by atoms with Gasteiger partial charge in [-0.25, -0.2) is 4.39 Å². The van der Waals surface area contributed by atoms with Crippen molar-refractivity contribution >= 4 is 0 Å². The molecule has 0 radical (unpaired) electrons. The quantitative estimate of drug-likeness (QED) is 0.681. The van der Waals surface area contributed by atoms with Gasteiger partial charge in [-0.3, -0.25) is 0 Å². The maximum absolute atomic E-state index is 12.5. The van der Waals surface area contributed by atoms with Crippen LogP contribution >= 0.6 is 0 Å². The van der Waals surface area contributed by atoms with E-state index in [0.717, 1.165) is 5.56 Å². The normalized spacial score (nSPS) is 12.9. The molecule has 0 bridgehead atoms. The first-order valence-corrected chi connectivity index (χ1v) is 3.93. The number of benzene rings is 1. The van der Waals surface area contributed by atoms with Gasteiger partial charge in [0.15, 0.2) is 0 Å². The van der Waals surface area contributed by atoms with Crippen LogP contribution in [0, 0.1) is 5.82 Å². The third-order valence-corrected chi connectivity index (χ3v) is 1.82. The maximum atomic E-state index is 12.5. The topological polar surface area (TPSA) is 47.9 Å². The Labute approximate surface area is 70.8 Å². The predicted octanol–water partition coefficient (Wildman–Crippen LogP) is 0.491. The molecule has 0 saturated carbocycles. The molecular weight excluding hydrogens is 157 g/mol. The minimum atomic E-state index is -0.241. The van der Waals surface area contributed by atoms with Crippen molar-refractivity contribution in [3.05, 3.63) is 35.6 Å². The first-order valence-electron chi connectivity index (χ1n) is 3.93. The van der Waals surface area contributed by atoms with Crippen molar-refractivity contribution in [1.82, 2.24) is 0 Å². The van der Waals surface area contributed by atoms with Gasteiger partial charge in [0.25, 0.3) is 0 Å². The molecule has 0 unspecified atom stereocenters. The largest absolute Gasteiger partial charge is 0.396 e. The van der Waals surface area contributed by atoms with E-state index < -0.39 is 0 Å². The van der Waals surface area contributed by atoms with Crippen LogP contribution in [0.15, 0.2) is 24.3 Å². The van der Waals surface area contributed by atoms with E-state index in [1.165, 1.54) is 12.1 Å². The number of halogens is 1. The van der Waals surface area contributed by atoms with Crippen LogP contribution in [0.5, 0.6) is 0 Å². The smallest absolute Gasteiger partial charge is 0.123 e. The molecule has 12 heavy (non-hydrogen) atoms. The lowest BCUT2D eigenvalue weighted by Crippen LogP contribution is -2.53. The van der Waals surface area contributed by atoms with Gasteiger partial charge in [0.05, 0.1) is 0 Å². The molecule has 0 spiro atoms. The van der Waals surface area contributed by atoms with Crippen molar-refractivity contribution in [2.24, 2.45) is 0 Å². The van der Waals surface area contributed by atoms with E-state index in [-0.39, 0.29) is 18.5 Å². The highest BCUT2D eigenvalue weighted by atomic mass is 19.1. The zero-order chi connectivity index (χ0) is 8.97. The summed E-state index contributed by atoms with van der Waals surface area (Å²) >= 11 is 0. The van der Waals surface area contributed by atoms with Gasteiger partial charge in [0, 0.05) is 18.6 Å². The Morgan fingerprint density at radius 2 is 1.92 bits per heavy atom. The second-order valence-corrected chi connectivity index (χ2v) is 2.76. The first-order chi connectivity index (χ1) is 5.74. The summed E-state index contributed by atoms with van der Waals surface area (Å²) in [4.78, 5) is 0. The molecule has 0 saturated heterocycles. The van der Waals surface area contributed by atoms with Crippen molar-refractivity contribution in [1.29, 1.82) is 0 Å². The molecule has 0 aliphatic rings. The van der Waals surface area contributed by atoms with Crippen molar-refractivity contribution in [2.45, 2.75) is 12.5 Å². The molecule has 4 N–H and O–H groups in total. The second-order valence-electron chi connectivity index (χ2n) is 2.76. The highest BCUT2D eigenvalue weighted by molar-refractivity contribution is 5.17. The number of aliphatic hydroxyl groups is 1. The fraction of sp³-hybridized carbons (Fsp3) is 0.333. The zero-order valence-corrected chi connectivity index (χ0v) is 6.83. The van der Waals surface area contributed by atoms with Crippen LogP contribution in [0.4, 0.5) is 4.39 Å². The summed E-state index contributed by atoms with van der Waals surface area (Å²) in [7, 11) is 0. The fourth-order valence-corrected chi connectivity index (χ4v) is 1.06. The molecule has 3 heteroatoms. The van der Waals surface area contributed by atoms with Crippen molar-refractivity contribution < 1.29 is 15.2 Å². The number of aliphatic hydroxyl groups excluding tert-OH is 1. The fourth-order valence-electron chi connectivity index (χ4n) is 1.06. The van der Waals surface area contributed by atoms with Gasteiger partial charge in [-0.05, 0) is 12.1 Å². The summed E-state index contributed by atoms with van der Waals surface area (Å²) < 4.78 is 12.5. The Hall–Kier alpha value is -0.930. The van der Waals surface area contributed by atoms with Crippen LogP contribution in [0.3, 0.4) is 0 Å². The molecule has 2 nitrogen and oxygen atoms in total. The van der Waals surface area contributed by atoms with Crippen LogP contribution < -0.4 is 5.73 Å². The standard InChI is InChI=1S/C9H12FNO/c10-8-3-1-7(2-4-8)9(11)5-6-12/h1-4,9,12H,5-6,11H2/p+1/t9-/m0/s1. The van der Waals surface area contributed by atoms with Crippen LogP contribution in [0.1, 0.15) is 18.0 Å². The lowest BCUT2D eigenvalue weighted by molar-refractivity contribution is -0.428. The molecule has 0 fully saturated rings. The average molecular weight is 170 g/mol. The summed E-state index contributed by atoms with van der Waals surface area (Å²) in [6.45, 7) is 0.117. The van der Waals surface area contributed by atoms with E-state index in [4.69, 9.17) is 5.11 Å². The minimum absolute atomic E-state index is 0.0515. The van der Waals surface area contributed by atoms with Gasteiger partial charge < -0.3 is 10.8 Å². The molecular formula is C9H13FNO+. The summed E-state index contributed by atoms with van der Waals surface area (Å²) in [6, 6.07) is 6.26. The van der Waals surface area contributed by atoms with E-state index in [0.29, 0.717) is 6.42 Å². The predicted molar refractivity (Wildman–Crippen MR) is 43.7 cm³/mol. The molecule has 0 heterocycles. The maximum Gasteiger partial charge on any atom is 0.123 e. The lowest BCUT2D eigenvalue weighted by atomic mass is 10.1. The third kappa shape index (κ3) is 2.29. The first kappa shape index (κ1) is 9.16. The van der Waals surface area contributed by atoms with E-state index in [1.807, 2.05) is 0 Å². The van der Waals surface area contributed by atoms with E-state index in [2.05, 4.69) is 5.73 Å². The van der Waals surface area contributed by atoms with Crippen LogP contribution in [0.2, 0.25) is 0 Å². The zero-order valence-electron chi connectivity index (χ0n) is 6.83. The SMILES string of the molecule is [NH3+][C@@H](CCO)c1ccc(F)cc1. The highest BCUT2D eigenvalue weighted by Crippen LogP contribution is 2.11. The van der Waals surface area contributed by atoms with Crippen molar-refractivity contribution in [3.63, 3.8) is 0 Å². The number of hydrogen-bond donors (Lipinski definition) is 2. The minimum Gasteiger partial charge on any atom is -0.396 e. The molecule has 1 rings (SSSR count). The van der Waals surface area contributed by atoms with Gasteiger partial charge >= 0.3 is 0 Å². The van der Waals surface area contributed by atoms with E-state index in [1.54, 1.807) is 12.1 Å². The molecule has 1 atom stereocenters. The van der Waals surface area contributed by atoms with Crippen LogP contribution in [-0.2, 0) is 0 Å². The van der Waals surface area contributed by atoms with Gasteiger partial charge in [-0.1, -0.05) is 12.1 Å². The van der Waals surface area contributed by atoms with Crippen LogP contribution in [0.25, 0.3) is 0 Å². The monoisotopic (exact) mass is 170 g/mol. The van der Waals surface area contributed by atoms with Gasteiger partial charge in [0.2, 0.25) is 0 Å². The number of rotatable bonds is 3. The Morgan fingerprint density at radius 3 is 2.42 bits per heavy atom. The number of quaternary nitrogens is 1. The van der Waals surface area contributed by atoms with Gasteiger partial charge in [-0.15, -0.1) is 0 Å². The Balaban J connectivity index is 2.68. The second kappa shape index (κ2) is 4.18. The highest BCUT2D eigenvalue weighted by Gasteiger charge is 2.07. The van der Waals surface area contributed by atoms with E-state index >= 15 is 0 Å². The van der Waals surface area contributed by atoms with Crippen LogP contribution in [-0.4, -0.2) is 11.7 Å². The molecule has 0 aliphatic heterocycles.